The van der Waals surface area contributed by atoms with Gasteiger partial charge in [0.15, 0.2) is 0 Å². The van der Waals surface area contributed by atoms with Crippen LogP contribution in [0.15, 0.2) is 66.0 Å². The van der Waals surface area contributed by atoms with E-state index in [1.54, 1.807) is 18.7 Å². The number of amides is 1. The highest BCUT2D eigenvalue weighted by atomic mass is 16.3. The molecule has 1 aliphatic carbocycles. The van der Waals surface area contributed by atoms with Gasteiger partial charge in [0.1, 0.15) is 0 Å². The molecule has 122 valence electrons. The second-order valence-corrected chi connectivity index (χ2v) is 6.18. The van der Waals surface area contributed by atoms with E-state index >= 15 is 0 Å². The van der Waals surface area contributed by atoms with Crippen molar-refractivity contribution in [3.8, 4) is 11.1 Å². The number of benzene rings is 1. The summed E-state index contributed by atoms with van der Waals surface area (Å²) in [7, 11) is 0. The number of hydrogen-bond donors (Lipinski definition) is 1. The van der Waals surface area contributed by atoms with Gasteiger partial charge in [0.05, 0.1) is 24.9 Å². The molecular weight excluding hydrogens is 302 g/mol. The first-order valence-electron chi connectivity index (χ1n) is 8.22. The molecule has 24 heavy (non-hydrogen) atoms. The van der Waals surface area contributed by atoms with Crippen LogP contribution >= 0.6 is 0 Å². The number of carbonyl (C=O) groups excluding carboxylic acids is 1. The summed E-state index contributed by atoms with van der Waals surface area (Å²) in [4.78, 5) is 16.8. The SMILES string of the molecule is O=C(N[C@@H]1CCC[C@@H]1n1ccnc1)c1cccc(-c2ccoc2)c1. The van der Waals surface area contributed by atoms with Gasteiger partial charge in [0.2, 0.25) is 0 Å². The maximum Gasteiger partial charge on any atom is 0.251 e. The number of nitrogens with zero attached hydrogens (tertiary/aromatic N) is 2. The third-order valence-corrected chi connectivity index (χ3v) is 4.68. The number of aromatic nitrogens is 2. The Kier molecular flexibility index (Phi) is 3.91. The molecule has 2 aromatic heterocycles. The summed E-state index contributed by atoms with van der Waals surface area (Å²) in [5, 5.41) is 3.20. The molecule has 1 N–H and O–H groups in total. The van der Waals surface area contributed by atoms with Crippen molar-refractivity contribution in [1.29, 1.82) is 0 Å². The number of imidazole rings is 1. The van der Waals surface area contributed by atoms with Crippen molar-refractivity contribution in [2.45, 2.75) is 31.3 Å². The minimum Gasteiger partial charge on any atom is -0.472 e. The van der Waals surface area contributed by atoms with E-state index in [0.717, 1.165) is 30.4 Å². The molecular formula is C19H19N3O2. The Bertz CT molecular complexity index is 809. The smallest absolute Gasteiger partial charge is 0.251 e. The van der Waals surface area contributed by atoms with Crippen LogP contribution in [0.5, 0.6) is 0 Å². The summed E-state index contributed by atoms with van der Waals surface area (Å²) >= 11 is 0. The molecule has 1 saturated carbocycles. The minimum absolute atomic E-state index is 0.0302. The molecule has 0 aliphatic heterocycles. The Morgan fingerprint density at radius 1 is 1.25 bits per heavy atom. The van der Waals surface area contributed by atoms with E-state index in [-0.39, 0.29) is 18.0 Å². The van der Waals surface area contributed by atoms with Crippen LogP contribution in [-0.2, 0) is 0 Å². The lowest BCUT2D eigenvalue weighted by Crippen LogP contribution is -2.38. The van der Waals surface area contributed by atoms with E-state index in [1.807, 2.05) is 42.9 Å². The lowest BCUT2D eigenvalue weighted by Gasteiger charge is -2.22. The molecule has 1 amide bonds. The molecule has 5 heteroatoms. The average molecular weight is 321 g/mol. The van der Waals surface area contributed by atoms with E-state index in [1.165, 1.54) is 0 Å². The van der Waals surface area contributed by atoms with Gasteiger partial charge in [0.25, 0.3) is 5.91 Å². The monoisotopic (exact) mass is 321 g/mol. The third-order valence-electron chi connectivity index (χ3n) is 4.68. The van der Waals surface area contributed by atoms with E-state index in [0.29, 0.717) is 5.56 Å². The van der Waals surface area contributed by atoms with Gasteiger partial charge >= 0.3 is 0 Å². The van der Waals surface area contributed by atoms with Gasteiger partial charge in [-0.25, -0.2) is 4.98 Å². The lowest BCUT2D eigenvalue weighted by molar-refractivity contribution is 0.0929. The van der Waals surface area contributed by atoms with Gasteiger partial charge < -0.3 is 14.3 Å². The molecule has 1 fully saturated rings. The van der Waals surface area contributed by atoms with Gasteiger partial charge in [-0.2, -0.15) is 0 Å². The summed E-state index contributed by atoms with van der Waals surface area (Å²) in [6.45, 7) is 0. The van der Waals surface area contributed by atoms with Crippen LogP contribution < -0.4 is 5.32 Å². The highest BCUT2D eigenvalue weighted by Gasteiger charge is 2.29. The van der Waals surface area contributed by atoms with Gasteiger partial charge in [-0.3, -0.25) is 4.79 Å². The summed E-state index contributed by atoms with van der Waals surface area (Å²) in [5.41, 5.74) is 2.63. The Morgan fingerprint density at radius 2 is 2.21 bits per heavy atom. The van der Waals surface area contributed by atoms with Gasteiger partial charge in [0, 0.05) is 29.6 Å². The van der Waals surface area contributed by atoms with Crippen LogP contribution in [-0.4, -0.2) is 21.5 Å². The molecule has 1 aromatic carbocycles. The van der Waals surface area contributed by atoms with Crippen molar-refractivity contribution in [3.63, 3.8) is 0 Å². The predicted molar refractivity (Wildman–Crippen MR) is 90.5 cm³/mol. The van der Waals surface area contributed by atoms with Crippen LogP contribution in [0.25, 0.3) is 11.1 Å². The fourth-order valence-corrected chi connectivity index (χ4v) is 3.45. The number of furan rings is 1. The second-order valence-electron chi connectivity index (χ2n) is 6.18. The van der Waals surface area contributed by atoms with Crippen LogP contribution in [0.3, 0.4) is 0 Å². The molecule has 2 heterocycles. The first-order valence-corrected chi connectivity index (χ1v) is 8.22. The minimum atomic E-state index is -0.0302. The standard InChI is InChI=1S/C19H19N3O2/c23-19(15-4-1-3-14(11-15)16-7-10-24-12-16)21-17-5-2-6-18(17)22-9-8-20-13-22/h1,3-4,7-13,17-18H,2,5-6H2,(H,21,23)/t17-,18+/m1/s1. The maximum atomic E-state index is 12.7. The first kappa shape index (κ1) is 14.8. The fourth-order valence-electron chi connectivity index (χ4n) is 3.45. The quantitative estimate of drug-likeness (QED) is 0.797. The molecule has 0 spiro atoms. The normalized spacial score (nSPS) is 20.2. The summed E-state index contributed by atoms with van der Waals surface area (Å²) in [5.74, 6) is -0.0302. The maximum absolute atomic E-state index is 12.7. The third kappa shape index (κ3) is 2.85. The van der Waals surface area contributed by atoms with Crippen LogP contribution in [0.4, 0.5) is 0 Å². The topological polar surface area (TPSA) is 60.1 Å². The van der Waals surface area contributed by atoms with E-state index in [9.17, 15) is 4.79 Å². The molecule has 1 aliphatic rings. The first-order chi connectivity index (χ1) is 11.8. The molecule has 4 rings (SSSR count). The number of hydrogen-bond acceptors (Lipinski definition) is 3. The molecule has 0 radical (unpaired) electrons. The number of nitrogens with one attached hydrogen (secondary N) is 1. The Balaban J connectivity index is 1.51. The molecule has 0 saturated heterocycles. The zero-order chi connectivity index (χ0) is 16.4. The Hall–Kier alpha value is -2.82. The van der Waals surface area contributed by atoms with Crippen molar-refractivity contribution < 1.29 is 9.21 Å². The summed E-state index contributed by atoms with van der Waals surface area (Å²) in [6.07, 6.45) is 12.1. The Labute approximate surface area is 140 Å². The lowest BCUT2D eigenvalue weighted by atomic mass is 10.0. The van der Waals surface area contributed by atoms with Crippen LogP contribution in [0, 0.1) is 0 Å². The largest absolute Gasteiger partial charge is 0.472 e. The molecule has 3 aromatic rings. The Morgan fingerprint density at radius 3 is 3.00 bits per heavy atom. The van der Waals surface area contributed by atoms with Crippen LogP contribution in [0.2, 0.25) is 0 Å². The van der Waals surface area contributed by atoms with E-state index in [2.05, 4.69) is 14.9 Å². The fraction of sp³-hybridized carbons (Fsp3) is 0.263. The zero-order valence-electron chi connectivity index (χ0n) is 13.3. The van der Waals surface area contributed by atoms with Gasteiger partial charge in [-0.15, -0.1) is 0 Å². The number of rotatable bonds is 4. The molecule has 5 nitrogen and oxygen atoms in total. The highest BCUT2D eigenvalue weighted by molar-refractivity contribution is 5.95. The zero-order valence-corrected chi connectivity index (χ0v) is 13.3. The van der Waals surface area contributed by atoms with Crippen molar-refractivity contribution in [3.05, 3.63) is 67.1 Å². The molecule has 2 atom stereocenters. The summed E-state index contributed by atoms with van der Waals surface area (Å²) in [6, 6.07) is 9.95. The molecule has 0 bridgehead atoms. The van der Waals surface area contributed by atoms with Crippen molar-refractivity contribution in [1.82, 2.24) is 14.9 Å². The average Bonchev–Trinajstić information content (AvgIpc) is 3.36. The predicted octanol–water partition coefficient (Wildman–Crippen LogP) is 3.67. The van der Waals surface area contributed by atoms with Gasteiger partial charge in [-0.1, -0.05) is 12.1 Å². The van der Waals surface area contributed by atoms with Gasteiger partial charge in [-0.05, 0) is 43.0 Å². The number of carbonyl (C=O) groups is 1. The van der Waals surface area contributed by atoms with E-state index < -0.39 is 0 Å². The van der Waals surface area contributed by atoms with Crippen LogP contribution in [0.1, 0.15) is 35.7 Å². The van der Waals surface area contributed by atoms with Crippen molar-refractivity contribution in [2.75, 3.05) is 0 Å². The molecule has 0 unspecified atom stereocenters. The highest BCUT2D eigenvalue weighted by Crippen LogP contribution is 2.30. The van der Waals surface area contributed by atoms with Crippen molar-refractivity contribution >= 4 is 5.91 Å². The van der Waals surface area contributed by atoms with Crippen molar-refractivity contribution in [2.24, 2.45) is 0 Å². The summed E-state index contributed by atoms with van der Waals surface area (Å²) < 4.78 is 7.22. The van der Waals surface area contributed by atoms with E-state index in [4.69, 9.17) is 4.42 Å². The second kappa shape index (κ2) is 6.35.